The number of ether oxygens (including phenoxy) is 1. The molecular weight excluding hydrogens is 323 g/mol. The van der Waals surface area contributed by atoms with Crippen molar-refractivity contribution in [2.75, 3.05) is 17.2 Å². The maximum absolute atomic E-state index is 13.6. The smallest absolute Gasteiger partial charge is 0.262 e. The van der Waals surface area contributed by atoms with Gasteiger partial charge in [0.15, 0.2) is 6.61 Å². The van der Waals surface area contributed by atoms with Gasteiger partial charge < -0.3 is 15.4 Å². The van der Waals surface area contributed by atoms with Gasteiger partial charge in [-0.1, -0.05) is 17.7 Å². The third kappa shape index (κ3) is 5.27. The van der Waals surface area contributed by atoms with Crippen molar-refractivity contribution in [2.45, 2.75) is 6.92 Å². The Hall–Kier alpha value is -2.60. The highest BCUT2D eigenvalue weighted by Crippen LogP contribution is 2.19. The van der Waals surface area contributed by atoms with Gasteiger partial charge in [-0.05, 0) is 30.3 Å². The zero-order valence-electron chi connectivity index (χ0n) is 12.2. The molecule has 0 spiro atoms. The number of hydrogen-bond donors (Lipinski definition) is 2. The molecule has 2 amide bonds. The van der Waals surface area contributed by atoms with Gasteiger partial charge in [0.2, 0.25) is 5.91 Å². The summed E-state index contributed by atoms with van der Waals surface area (Å²) in [6.07, 6.45) is 0. The molecule has 0 aliphatic heterocycles. The van der Waals surface area contributed by atoms with Crippen LogP contribution in [0.15, 0.2) is 42.5 Å². The Morgan fingerprint density at radius 2 is 1.96 bits per heavy atom. The predicted octanol–water partition coefficient (Wildman–Crippen LogP) is 3.46. The minimum absolute atomic E-state index is 0.0231. The van der Waals surface area contributed by atoms with E-state index >= 15 is 0 Å². The zero-order valence-corrected chi connectivity index (χ0v) is 13.0. The number of carbonyl (C=O) groups excluding carboxylic acids is 2. The van der Waals surface area contributed by atoms with Gasteiger partial charge >= 0.3 is 0 Å². The third-order valence-electron chi connectivity index (χ3n) is 2.73. The molecule has 7 heteroatoms. The fourth-order valence-electron chi connectivity index (χ4n) is 1.79. The van der Waals surface area contributed by atoms with E-state index in [0.29, 0.717) is 11.4 Å². The molecule has 0 atom stereocenters. The Balaban J connectivity index is 1.92. The lowest BCUT2D eigenvalue weighted by Crippen LogP contribution is -2.20. The summed E-state index contributed by atoms with van der Waals surface area (Å²) in [5, 5.41) is 5.23. The summed E-state index contributed by atoms with van der Waals surface area (Å²) in [6, 6.07) is 10.5. The number of halogens is 2. The van der Waals surface area contributed by atoms with Crippen molar-refractivity contribution >= 4 is 34.8 Å². The summed E-state index contributed by atoms with van der Waals surface area (Å²) in [7, 11) is 0. The van der Waals surface area contributed by atoms with Gasteiger partial charge in [0.1, 0.15) is 11.6 Å². The summed E-state index contributed by atoms with van der Waals surface area (Å²) in [5.41, 5.74) is 0.578. The van der Waals surface area contributed by atoms with Crippen LogP contribution in [0.1, 0.15) is 6.92 Å². The SMILES string of the molecule is CC(=O)Nc1cccc(OCC(=O)Nc2ccc(Cl)cc2F)c1. The van der Waals surface area contributed by atoms with Crippen molar-refractivity contribution in [3.63, 3.8) is 0 Å². The first-order valence-electron chi connectivity index (χ1n) is 6.69. The van der Waals surface area contributed by atoms with Gasteiger partial charge in [-0.25, -0.2) is 4.39 Å². The van der Waals surface area contributed by atoms with Crippen molar-refractivity contribution in [1.82, 2.24) is 0 Å². The van der Waals surface area contributed by atoms with E-state index in [1.807, 2.05) is 0 Å². The largest absolute Gasteiger partial charge is 0.484 e. The number of nitrogens with one attached hydrogen (secondary N) is 2. The molecule has 2 rings (SSSR count). The number of anilines is 2. The van der Waals surface area contributed by atoms with Crippen LogP contribution in [-0.4, -0.2) is 18.4 Å². The monoisotopic (exact) mass is 336 g/mol. The van der Waals surface area contributed by atoms with E-state index in [1.54, 1.807) is 24.3 Å². The van der Waals surface area contributed by atoms with Crippen molar-refractivity contribution in [3.05, 3.63) is 53.3 Å². The van der Waals surface area contributed by atoms with Crippen molar-refractivity contribution < 1.29 is 18.7 Å². The van der Waals surface area contributed by atoms with Gasteiger partial charge in [-0.15, -0.1) is 0 Å². The van der Waals surface area contributed by atoms with E-state index in [4.69, 9.17) is 16.3 Å². The van der Waals surface area contributed by atoms with E-state index in [0.717, 1.165) is 6.07 Å². The Bertz CT molecular complexity index is 737. The Labute approximate surface area is 137 Å². The number of hydrogen-bond acceptors (Lipinski definition) is 3. The highest BCUT2D eigenvalue weighted by molar-refractivity contribution is 6.30. The lowest BCUT2D eigenvalue weighted by Gasteiger charge is -2.09. The van der Waals surface area contributed by atoms with Gasteiger partial charge in [0.25, 0.3) is 5.91 Å². The van der Waals surface area contributed by atoms with Crippen LogP contribution in [0.25, 0.3) is 0 Å². The summed E-state index contributed by atoms with van der Waals surface area (Å²) in [5.74, 6) is -0.948. The molecule has 0 unspecified atom stereocenters. The van der Waals surface area contributed by atoms with E-state index in [9.17, 15) is 14.0 Å². The van der Waals surface area contributed by atoms with Crippen molar-refractivity contribution in [2.24, 2.45) is 0 Å². The highest BCUT2D eigenvalue weighted by Gasteiger charge is 2.08. The first-order chi connectivity index (χ1) is 10.9. The minimum Gasteiger partial charge on any atom is -0.484 e. The fourth-order valence-corrected chi connectivity index (χ4v) is 1.95. The molecule has 0 bridgehead atoms. The van der Waals surface area contributed by atoms with Gasteiger partial charge in [-0.2, -0.15) is 0 Å². The van der Waals surface area contributed by atoms with Gasteiger partial charge in [0, 0.05) is 23.7 Å². The Morgan fingerprint density at radius 1 is 1.17 bits per heavy atom. The molecule has 0 fully saturated rings. The normalized spacial score (nSPS) is 10.0. The average molecular weight is 337 g/mol. The second-order valence-electron chi connectivity index (χ2n) is 4.67. The molecule has 23 heavy (non-hydrogen) atoms. The lowest BCUT2D eigenvalue weighted by atomic mass is 10.3. The maximum atomic E-state index is 13.6. The molecule has 0 aliphatic carbocycles. The van der Waals surface area contributed by atoms with E-state index in [-0.39, 0.29) is 23.2 Å². The fraction of sp³-hybridized carbons (Fsp3) is 0.125. The molecule has 2 N–H and O–H groups in total. The molecule has 2 aromatic carbocycles. The van der Waals surface area contributed by atoms with Crippen LogP contribution < -0.4 is 15.4 Å². The average Bonchev–Trinajstić information content (AvgIpc) is 2.48. The predicted molar refractivity (Wildman–Crippen MR) is 86.3 cm³/mol. The number of benzene rings is 2. The van der Waals surface area contributed by atoms with Crippen LogP contribution >= 0.6 is 11.6 Å². The topological polar surface area (TPSA) is 67.4 Å². The maximum Gasteiger partial charge on any atom is 0.262 e. The lowest BCUT2D eigenvalue weighted by molar-refractivity contribution is -0.118. The second-order valence-corrected chi connectivity index (χ2v) is 5.11. The van der Waals surface area contributed by atoms with Crippen molar-refractivity contribution in [3.8, 4) is 5.75 Å². The molecule has 0 aromatic heterocycles. The molecule has 0 aliphatic rings. The second kappa shape index (κ2) is 7.60. The molecule has 0 heterocycles. The number of amides is 2. The van der Waals surface area contributed by atoms with E-state index in [2.05, 4.69) is 10.6 Å². The molecule has 2 aromatic rings. The van der Waals surface area contributed by atoms with Gasteiger partial charge in [0.05, 0.1) is 5.69 Å². The van der Waals surface area contributed by atoms with Crippen LogP contribution in [-0.2, 0) is 9.59 Å². The first kappa shape index (κ1) is 16.8. The minimum atomic E-state index is -0.626. The van der Waals surface area contributed by atoms with Crippen LogP contribution in [0, 0.1) is 5.82 Å². The molecular formula is C16H14ClFN2O3. The summed E-state index contributed by atoms with van der Waals surface area (Å²) in [4.78, 5) is 22.8. The quantitative estimate of drug-likeness (QED) is 0.878. The molecule has 120 valence electrons. The van der Waals surface area contributed by atoms with Crippen LogP contribution in [0.5, 0.6) is 5.75 Å². The highest BCUT2D eigenvalue weighted by atomic mass is 35.5. The summed E-state index contributed by atoms with van der Waals surface area (Å²) < 4.78 is 18.9. The molecule has 5 nitrogen and oxygen atoms in total. The molecule has 0 radical (unpaired) electrons. The van der Waals surface area contributed by atoms with Crippen LogP contribution in [0.3, 0.4) is 0 Å². The number of carbonyl (C=O) groups is 2. The summed E-state index contributed by atoms with van der Waals surface area (Å²) in [6.45, 7) is 1.09. The molecule has 0 saturated heterocycles. The third-order valence-corrected chi connectivity index (χ3v) is 2.96. The van der Waals surface area contributed by atoms with Crippen molar-refractivity contribution in [1.29, 1.82) is 0 Å². The summed E-state index contributed by atoms with van der Waals surface area (Å²) >= 11 is 5.64. The first-order valence-corrected chi connectivity index (χ1v) is 7.07. The van der Waals surface area contributed by atoms with Gasteiger partial charge in [-0.3, -0.25) is 9.59 Å². The standard InChI is InChI=1S/C16H14ClFN2O3/c1-10(21)19-12-3-2-4-13(8-12)23-9-16(22)20-15-6-5-11(17)7-14(15)18/h2-8H,9H2,1H3,(H,19,21)(H,20,22). The Kier molecular flexibility index (Phi) is 5.54. The zero-order chi connectivity index (χ0) is 16.8. The number of rotatable bonds is 5. The van der Waals surface area contributed by atoms with E-state index in [1.165, 1.54) is 19.1 Å². The van der Waals surface area contributed by atoms with Crippen LogP contribution in [0.2, 0.25) is 5.02 Å². The Morgan fingerprint density at radius 3 is 2.65 bits per heavy atom. The van der Waals surface area contributed by atoms with Crippen LogP contribution in [0.4, 0.5) is 15.8 Å². The van der Waals surface area contributed by atoms with E-state index < -0.39 is 11.7 Å². The molecule has 0 saturated carbocycles.